The summed E-state index contributed by atoms with van der Waals surface area (Å²) < 4.78 is 17.1. The van der Waals surface area contributed by atoms with Crippen LogP contribution in [0, 0.1) is 5.82 Å². The van der Waals surface area contributed by atoms with E-state index in [1.165, 1.54) is 6.07 Å². The van der Waals surface area contributed by atoms with Gasteiger partial charge >= 0.3 is 0 Å². The van der Waals surface area contributed by atoms with Crippen molar-refractivity contribution in [1.29, 1.82) is 0 Å². The van der Waals surface area contributed by atoms with Crippen molar-refractivity contribution in [3.8, 4) is 5.69 Å². The normalized spacial score (nSPS) is 13.0. The van der Waals surface area contributed by atoms with Crippen LogP contribution in [0.5, 0.6) is 0 Å². The second-order valence-corrected chi connectivity index (χ2v) is 6.29. The molecule has 0 atom stereocenters. The van der Waals surface area contributed by atoms with E-state index in [9.17, 15) is 4.39 Å². The Kier molecular flexibility index (Phi) is 3.74. The Morgan fingerprint density at radius 2 is 1.96 bits per heavy atom. The minimum absolute atomic E-state index is 0.261. The van der Waals surface area contributed by atoms with Gasteiger partial charge in [0.25, 0.3) is 0 Å². The molecule has 2 N–H and O–H groups in total. The molecule has 24 heavy (non-hydrogen) atoms. The van der Waals surface area contributed by atoms with Gasteiger partial charge in [-0.1, -0.05) is 28.1 Å². The first-order chi connectivity index (χ1) is 11.7. The van der Waals surface area contributed by atoms with Crippen LogP contribution in [0.4, 0.5) is 4.39 Å². The van der Waals surface area contributed by atoms with Crippen LogP contribution in [-0.4, -0.2) is 20.5 Å². The summed E-state index contributed by atoms with van der Waals surface area (Å²) in [6, 6.07) is 12.4. The largest absolute Gasteiger partial charge is 0.324 e. The van der Waals surface area contributed by atoms with E-state index < -0.39 is 0 Å². The van der Waals surface area contributed by atoms with Crippen molar-refractivity contribution < 1.29 is 4.39 Å². The highest BCUT2D eigenvalue weighted by Gasteiger charge is 2.23. The number of rotatable bonds is 2. The summed E-state index contributed by atoms with van der Waals surface area (Å²) in [6.07, 6.45) is 0. The topological polar surface area (TPSA) is 69.1 Å². The average Bonchev–Trinajstić information content (AvgIpc) is 2.93. The Balaban J connectivity index is 2.01. The smallest absolute Gasteiger partial charge is 0.159 e. The predicted molar refractivity (Wildman–Crippen MR) is 92.7 cm³/mol. The fourth-order valence-corrected chi connectivity index (χ4v) is 3.24. The summed E-state index contributed by atoms with van der Waals surface area (Å²) in [5, 5.41) is 8.31. The van der Waals surface area contributed by atoms with Crippen molar-refractivity contribution >= 4 is 21.6 Å². The summed E-state index contributed by atoms with van der Waals surface area (Å²) in [7, 11) is 0. The molecule has 0 amide bonds. The number of aliphatic imine (C=N–C) groups is 1. The molecule has 1 aromatic heterocycles. The van der Waals surface area contributed by atoms with Gasteiger partial charge in [0.15, 0.2) is 11.6 Å². The molecule has 3 aromatic rings. The first-order valence-electron chi connectivity index (χ1n) is 7.42. The zero-order valence-electron chi connectivity index (χ0n) is 12.6. The third-order valence-electron chi connectivity index (χ3n) is 3.94. The predicted octanol–water partition coefficient (Wildman–Crippen LogP) is 2.98. The molecule has 0 fully saturated rings. The number of fused-ring (bicyclic) bond motifs is 3. The van der Waals surface area contributed by atoms with Crippen molar-refractivity contribution in [2.45, 2.75) is 13.1 Å². The quantitative estimate of drug-likeness (QED) is 0.736. The highest BCUT2D eigenvalue weighted by atomic mass is 79.9. The van der Waals surface area contributed by atoms with Crippen molar-refractivity contribution in [3.05, 3.63) is 75.5 Å². The molecule has 0 saturated carbocycles. The van der Waals surface area contributed by atoms with Crippen LogP contribution >= 0.6 is 15.9 Å². The van der Waals surface area contributed by atoms with Gasteiger partial charge in [0.1, 0.15) is 12.4 Å². The van der Waals surface area contributed by atoms with Crippen LogP contribution in [0.25, 0.3) is 5.69 Å². The van der Waals surface area contributed by atoms with Crippen molar-refractivity contribution in [1.82, 2.24) is 14.8 Å². The van der Waals surface area contributed by atoms with Crippen LogP contribution in [0.3, 0.4) is 0 Å². The van der Waals surface area contributed by atoms with Gasteiger partial charge < -0.3 is 5.73 Å². The summed E-state index contributed by atoms with van der Waals surface area (Å²) in [5.41, 5.74) is 8.51. The number of nitrogens with two attached hydrogens (primary N) is 1. The SMILES string of the molecule is NCc1nnc2n1-c1ccc(Br)cc1C(c1ccccc1F)=NC2. The summed E-state index contributed by atoms with van der Waals surface area (Å²) in [4.78, 5) is 4.62. The van der Waals surface area contributed by atoms with E-state index >= 15 is 0 Å². The van der Waals surface area contributed by atoms with E-state index in [0.717, 1.165) is 15.7 Å². The van der Waals surface area contributed by atoms with Crippen LogP contribution in [-0.2, 0) is 13.1 Å². The Morgan fingerprint density at radius 3 is 2.75 bits per heavy atom. The summed E-state index contributed by atoms with van der Waals surface area (Å²) in [5.74, 6) is 1.03. The maximum Gasteiger partial charge on any atom is 0.159 e. The number of hydrogen-bond donors (Lipinski definition) is 1. The molecule has 0 aliphatic carbocycles. The van der Waals surface area contributed by atoms with Gasteiger partial charge in [-0.2, -0.15) is 0 Å². The molecule has 0 bridgehead atoms. The van der Waals surface area contributed by atoms with Crippen molar-refractivity contribution in [3.63, 3.8) is 0 Å². The molecule has 7 heteroatoms. The van der Waals surface area contributed by atoms with E-state index in [0.29, 0.717) is 29.5 Å². The molecule has 0 saturated heterocycles. The molecule has 1 aliphatic rings. The number of nitrogens with zero attached hydrogens (tertiary/aromatic N) is 4. The van der Waals surface area contributed by atoms with Gasteiger partial charge in [0.05, 0.1) is 17.9 Å². The molecule has 120 valence electrons. The standard InChI is InChI=1S/C17H13BrFN5/c18-10-5-6-14-12(7-10)17(11-3-1-2-4-13(11)19)21-9-16-23-22-15(8-20)24(14)16/h1-7H,8-9,20H2. The first kappa shape index (κ1) is 15.2. The number of halogens is 2. The number of benzene rings is 2. The molecule has 4 rings (SSSR count). The van der Waals surface area contributed by atoms with E-state index in [1.54, 1.807) is 18.2 Å². The van der Waals surface area contributed by atoms with E-state index in [-0.39, 0.29) is 12.4 Å². The zero-order valence-corrected chi connectivity index (χ0v) is 14.2. The van der Waals surface area contributed by atoms with Crippen LogP contribution in [0.2, 0.25) is 0 Å². The Morgan fingerprint density at radius 1 is 1.12 bits per heavy atom. The average molecular weight is 386 g/mol. The molecule has 5 nitrogen and oxygen atoms in total. The van der Waals surface area contributed by atoms with Crippen LogP contribution in [0.1, 0.15) is 22.8 Å². The van der Waals surface area contributed by atoms with E-state index in [2.05, 4.69) is 31.1 Å². The molecule has 2 heterocycles. The summed E-state index contributed by atoms with van der Waals surface area (Å²) >= 11 is 3.49. The zero-order chi connectivity index (χ0) is 16.7. The minimum atomic E-state index is -0.307. The van der Waals surface area contributed by atoms with Gasteiger partial charge in [-0.05, 0) is 30.3 Å². The number of hydrogen-bond acceptors (Lipinski definition) is 4. The highest BCUT2D eigenvalue weighted by molar-refractivity contribution is 9.10. The molecule has 0 unspecified atom stereocenters. The lowest BCUT2D eigenvalue weighted by molar-refractivity contribution is 0.625. The molecule has 2 aromatic carbocycles. The molecular formula is C17H13BrFN5. The third-order valence-corrected chi connectivity index (χ3v) is 4.44. The second-order valence-electron chi connectivity index (χ2n) is 5.38. The van der Waals surface area contributed by atoms with Crippen LogP contribution < -0.4 is 5.73 Å². The lowest BCUT2D eigenvalue weighted by atomic mass is 10.00. The fraction of sp³-hybridized carbons (Fsp3) is 0.118. The Labute approximate surface area is 146 Å². The van der Waals surface area contributed by atoms with Gasteiger partial charge in [-0.15, -0.1) is 10.2 Å². The maximum atomic E-state index is 14.4. The van der Waals surface area contributed by atoms with Gasteiger partial charge in [-0.3, -0.25) is 9.56 Å². The van der Waals surface area contributed by atoms with Gasteiger partial charge in [0.2, 0.25) is 0 Å². The fourth-order valence-electron chi connectivity index (χ4n) is 2.88. The lowest BCUT2D eigenvalue weighted by Crippen LogP contribution is -2.12. The number of aromatic nitrogens is 3. The monoisotopic (exact) mass is 385 g/mol. The molecule has 0 spiro atoms. The van der Waals surface area contributed by atoms with Gasteiger partial charge in [0, 0.05) is 15.6 Å². The molecule has 1 aliphatic heterocycles. The lowest BCUT2D eigenvalue weighted by Gasteiger charge is -2.14. The van der Waals surface area contributed by atoms with Crippen molar-refractivity contribution in [2.24, 2.45) is 10.7 Å². The second kappa shape index (κ2) is 5.92. The summed E-state index contributed by atoms with van der Waals surface area (Å²) in [6.45, 7) is 0.570. The molecule has 0 radical (unpaired) electrons. The molecular weight excluding hydrogens is 373 g/mol. The first-order valence-corrected chi connectivity index (χ1v) is 8.21. The highest BCUT2D eigenvalue weighted by Crippen LogP contribution is 2.29. The van der Waals surface area contributed by atoms with E-state index in [1.807, 2.05) is 22.8 Å². The maximum absolute atomic E-state index is 14.4. The Hall–Kier alpha value is -2.38. The van der Waals surface area contributed by atoms with Crippen LogP contribution in [0.15, 0.2) is 51.9 Å². The third kappa shape index (κ3) is 2.37. The van der Waals surface area contributed by atoms with Crippen molar-refractivity contribution in [2.75, 3.05) is 0 Å². The Bertz CT molecular complexity index is 963. The minimum Gasteiger partial charge on any atom is -0.324 e. The van der Waals surface area contributed by atoms with E-state index in [4.69, 9.17) is 5.73 Å². The van der Waals surface area contributed by atoms with Gasteiger partial charge in [-0.25, -0.2) is 4.39 Å².